The van der Waals surface area contributed by atoms with E-state index in [1.54, 1.807) is 24.3 Å². The molecule has 1 aliphatic carbocycles. The highest BCUT2D eigenvalue weighted by Gasteiger charge is 2.27. The van der Waals surface area contributed by atoms with Crippen LogP contribution in [0.1, 0.15) is 81.8 Å². The van der Waals surface area contributed by atoms with Gasteiger partial charge in [-0.1, -0.05) is 74.6 Å². The Morgan fingerprint density at radius 2 is 1.31 bits per heavy atom. The zero-order valence-electron chi connectivity index (χ0n) is 22.9. The quantitative estimate of drug-likeness (QED) is 0.167. The van der Waals surface area contributed by atoms with Crippen molar-refractivity contribution in [1.82, 2.24) is 0 Å². The van der Waals surface area contributed by atoms with Gasteiger partial charge in [0.2, 0.25) is 11.6 Å². The average molecular weight is 543 g/mol. The maximum atomic E-state index is 15.1. The second kappa shape index (κ2) is 13.9. The predicted molar refractivity (Wildman–Crippen MR) is 147 cm³/mol. The van der Waals surface area contributed by atoms with Crippen LogP contribution in [0.2, 0.25) is 0 Å². The summed E-state index contributed by atoms with van der Waals surface area (Å²) in [5.41, 5.74) is 2.36. The van der Waals surface area contributed by atoms with E-state index in [0.29, 0.717) is 30.6 Å². The molecule has 6 heteroatoms. The van der Waals surface area contributed by atoms with E-state index in [-0.39, 0.29) is 35.5 Å². The zero-order chi connectivity index (χ0) is 27.8. The molecule has 0 radical (unpaired) electrons. The van der Waals surface area contributed by atoms with Gasteiger partial charge in [-0.3, -0.25) is 0 Å². The maximum Gasteiger partial charge on any atom is 0.204 e. The third-order valence-electron chi connectivity index (χ3n) is 7.75. The summed E-state index contributed by atoms with van der Waals surface area (Å²) in [6, 6.07) is 13.5. The van der Waals surface area contributed by atoms with Crippen molar-refractivity contribution in [3.05, 3.63) is 82.9 Å². The summed E-state index contributed by atoms with van der Waals surface area (Å²) < 4.78 is 70.1. The van der Waals surface area contributed by atoms with Crippen LogP contribution in [0.15, 0.2) is 48.5 Å². The highest BCUT2D eigenvalue weighted by Crippen LogP contribution is 2.39. The van der Waals surface area contributed by atoms with E-state index in [2.05, 4.69) is 6.92 Å². The van der Waals surface area contributed by atoms with Gasteiger partial charge in [0.1, 0.15) is 0 Å². The van der Waals surface area contributed by atoms with E-state index >= 15 is 4.39 Å². The van der Waals surface area contributed by atoms with Crippen molar-refractivity contribution in [2.24, 2.45) is 5.92 Å². The van der Waals surface area contributed by atoms with Gasteiger partial charge in [0.15, 0.2) is 23.1 Å². The second-order valence-corrected chi connectivity index (χ2v) is 10.7. The zero-order valence-corrected chi connectivity index (χ0v) is 22.9. The van der Waals surface area contributed by atoms with Crippen LogP contribution in [0.3, 0.4) is 0 Å². The fraction of sp³-hybridized carbons (Fsp3) is 0.455. The Morgan fingerprint density at radius 3 is 1.97 bits per heavy atom. The summed E-state index contributed by atoms with van der Waals surface area (Å²) >= 11 is 0. The van der Waals surface area contributed by atoms with Gasteiger partial charge in [-0.05, 0) is 74.1 Å². The second-order valence-electron chi connectivity index (χ2n) is 10.7. The first-order chi connectivity index (χ1) is 18.9. The molecular weight excluding hydrogens is 504 g/mol. The highest BCUT2D eigenvalue weighted by atomic mass is 19.2. The van der Waals surface area contributed by atoms with Gasteiger partial charge in [-0.25, -0.2) is 8.78 Å². The third-order valence-corrected chi connectivity index (χ3v) is 7.75. The lowest BCUT2D eigenvalue weighted by molar-refractivity contribution is 0.190. The van der Waals surface area contributed by atoms with Crippen LogP contribution in [0.5, 0.6) is 11.5 Å². The number of unbranched alkanes of at least 4 members (excludes halogenated alkanes) is 4. The van der Waals surface area contributed by atoms with E-state index < -0.39 is 23.3 Å². The lowest BCUT2D eigenvalue weighted by atomic mass is 9.78. The van der Waals surface area contributed by atoms with Crippen molar-refractivity contribution in [2.75, 3.05) is 13.2 Å². The first kappa shape index (κ1) is 29.0. The minimum Gasteiger partial charge on any atom is -0.490 e. The highest BCUT2D eigenvalue weighted by molar-refractivity contribution is 5.65. The van der Waals surface area contributed by atoms with E-state index in [4.69, 9.17) is 9.47 Å². The summed E-state index contributed by atoms with van der Waals surface area (Å²) in [6.07, 6.45) is 8.03. The van der Waals surface area contributed by atoms with Crippen LogP contribution in [0, 0.1) is 36.1 Å². The Labute approximate surface area is 229 Å². The standard InChI is InChI=1S/C33H38F4O2/c1-3-4-5-6-7-20-38-28-18-19-29(33(37)32(28)36)39-21-23-10-14-25(15-11-23)27-17-16-26(30(34)31(27)35)24-12-8-22(2)9-13-24/h8-9,12-13,16-19,23,25H,3-7,10-11,14-15,20-21H2,1-2H3. The Hall–Kier alpha value is -3.02. The summed E-state index contributed by atoms with van der Waals surface area (Å²) in [7, 11) is 0. The van der Waals surface area contributed by atoms with Crippen molar-refractivity contribution in [1.29, 1.82) is 0 Å². The Balaban J connectivity index is 1.28. The van der Waals surface area contributed by atoms with Gasteiger partial charge < -0.3 is 9.47 Å². The molecular formula is C33H38F4O2. The smallest absolute Gasteiger partial charge is 0.204 e. The molecule has 0 N–H and O–H groups in total. The van der Waals surface area contributed by atoms with E-state index in [9.17, 15) is 13.2 Å². The van der Waals surface area contributed by atoms with Crippen LogP contribution in [0.4, 0.5) is 17.6 Å². The van der Waals surface area contributed by atoms with Gasteiger partial charge in [-0.2, -0.15) is 8.78 Å². The van der Waals surface area contributed by atoms with Crippen molar-refractivity contribution in [2.45, 2.75) is 77.6 Å². The number of benzene rings is 3. The molecule has 0 aromatic heterocycles. The van der Waals surface area contributed by atoms with Gasteiger partial charge in [0.05, 0.1) is 13.2 Å². The van der Waals surface area contributed by atoms with Crippen molar-refractivity contribution in [3.8, 4) is 22.6 Å². The molecule has 3 aromatic carbocycles. The number of aryl methyl sites for hydroxylation is 1. The summed E-state index contributed by atoms with van der Waals surface area (Å²) in [5, 5.41) is 0. The summed E-state index contributed by atoms with van der Waals surface area (Å²) in [5.74, 6) is -3.87. The van der Waals surface area contributed by atoms with E-state index in [1.165, 1.54) is 12.1 Å². The van der Waals surface area contributed by atoms with Gasteiger partial charge in [-0.15, -0.1) is 0 Å². The molecule has 3 aromatic rings. The molecule has 0 unspecified atom stereocenters. The fourth-order valence-corrected chi connectivity index (χ4v) is 5.31. The van der Waals surface area contributed by atoms with Crippen LogP contribution in [-0.2, 0) is 0 Å². The third kappa shape index (κ3) is 7.34. The molecule has 0 saturated heterocycles. The molecule has 0 aliphatic heterocycles. The minimum atomic E-state index is -1.04. The topological polar surface area (TPSA) is 18.5 Å². The van der Waals surface area contributed by atoms with Crippen molar-refractivity contribution in [3.63, 3.8) is 0 Å². The number of hydrogen-bond donors (Lipinski definition) is 0. The maximum absolute atomic E-state index is 15.1. The monoisotopic (exact) mass is 542 g/mol. The number of ether oxygens (including phenoxy) is 2. The molecule has 1 saturated carbocycles. The average Bonchev–Trinajstić information content (AvgIpc) is 2.95. The van der Waals surface area contributed by atoms with E-state index in [0.717, 1.165) is 50.5 Å². The summed E-state index contributed by atoms with van der Waals surface area (Å²) in [6.45, 7) is 4.67. The molecule has 1 aliphatic rings. The Morgan fingerprint density at radius 1 is 0.667 bits per heavy atom. The summed E-state index contributed by atoms with van der Waals surface area (Å²) in [4.78, 5) is 0. The van der Waals surface area contributed by atoms with Gasteiger partial charge in [0.25, 0.3) is 0 Å². The minimum absolute atomic E-state index is 0.0876. The molecule has 0 atom stereocenters. The molecule has 1 fully saturated rings. The Kier molecular flexibility index (Phi) is 10.3. The van der Waals surface area contributed by atoms with Crippen LogP contribution in [-0.4, -0.2) is 13.2 Å². The van der Waals surface area contributed by atoms with Crippen molar-refractivity contribution < 1.29 is 27.0 Å². The SMILES string of the molecule is CCCCCCCOc1ccc(OCC2CCC(c3ccc(-c4ccc(C)cc4)c(F)c3F)CC2)c(F)c1F. The fourth-order valence-electron chi connectivity index (χ4n) is 5.31. The molecule has 0 amide bonds. The molecule has 0 heterocycles. The molecule has 210 valence electrons. The van der Waals surface area contributed by atoms with Gasteiger partial charge in [0, 0.05) is 5.56 Å². The molecule has 39 heavy (non-hydrogen) atoms. The number of halogens is 4. The number of hydrogen-bond acceptors (Lipinski definition) is 2. The van der Waals surface area contributed by atoms with E-state index in [1.807, 2.05) is 19.1 Å². The predicted octanol–water partition coefficient (Wildman–Crippen LogP) is 9.92. The first-order valence-corrected chi connectivity index (χ1v) is 14.2. The lowest BCUT2D eigenvalue weighted by Crippen LogP contribution is -2.20. The Bertz CT molecular complexity index is 1220. The van der Waals surface area contributed by atoms with Crippen molar-refractivity contribution >= 4 is 0 Å². The van der Waals surface area contributed by atoms with Crippen LogP contribution < -0.4 is 9.47 Å². The molecule has 0 bridgehead atoms. The van der Waals surface area contributed by atoms with Gasteiger partial charge >= 0.3 is 0 Å². The molecule has 2 nitrogen and oxygen atoms in total. The number of rotatable bonds is 12. The first-order valence-electron chi connectivity index (χ1n) is 14.2. The van der Waals surface area contributed by atoms with Crippen LogP contribution in [0.25, 0.3) is 11.1 Å². The molecule has 0 spiro atoms. The molecule has 4 rings (SSSR count). The largest absolute Gasteiger partial charge is 0.490 e. The lowest BCUT2D eigenvalue weighted by Gasteiger charge is -2.29. The van der Waals surface area contributed by atoms with Crippen LogP contribution >= 0.6 is 0 Å². The normalized spacial score (nSPS) is 17.3.